The summed E-state index contributed by atoms with van der Waals surface area (Å²) in [7, 11) is 1.84. The lowest BCUT2D eigenvalue weighted by atomic mass is 9.80. The predicted octanol–water partition coefficient (Wildman–Crippen LogP) is 4.80. The molecule has 0 saturated heterocycles. The lowest BCUT2D eigenvalue weighted by molar-refractivity contribution is -0.666. The van der Waals surface area contributed by atoms with Crippen LogP contribution in [0.5, 0.6) is 0 Å². The van der Waals surface area contributed by atoms with Crippen LogP contribution in [0.1, 0.15) is 46.2 Å². The molecule has 2 nitrogen and oxygen atoms in total. The second-order valence-electron chi connectivity index (χ2n) is 7.51. The molecular formula is C23H25N2+. The van der Waals surface area contributed by atoms with Crippen LogP contribution in [0.4, 0.5) is 0 Å². The van der Waals surface area contributed by atoms with Crippen LogP contribution >= 0.6 is 0 Å². The summed E-state index contributed by atoms with van der Waals surface area (Å²) in [5, 5.41) is 0. The fraction of sp³-hybridized carbons (Fsp3) is 0.304. The van der Waals surface area contributed by atoms with E-state index in [0.29, 0.717) is 5.69 Å². The molecule has 1 aliphatic rings. The zero-order valence-corrected chi connectivity index (χ0v) is 15.4. The van der Waals surface area contributed by atoms with Gasteiger partial charge in [-0.3, -0.25) is 4.98 Å². The largest absolute Gasteiger partial charge is 0.257 e. The van der Waals surface area contributed by atoms with Crippen LogP contribution in [0.15, 0.2) is 42.5 Å². The van der Waals surface area contributed by atoms with E-state index in [0.717, 1.165) is 28.2 Å². The first-order chi connectivity index (χ1) is 13.0. The molecule has 0 saturated carbocycles. The molecule has 2 aromatic heterocycles. The quantitative estimate of drug-likeness (QED) is 0.585. The third kappa shape index (κ3) is 2.17. The van der Waals surface area contributed by atoms with E-state index in [-0.39, 0.29) is 5.41 Å². The minimum Gasteiger partial charge on any atom is -0.257 e. The molecule has 1 aliphatic carbocycles. The van der Waals surface area contributed by atoms with Crippen molar-refractivity contribution in [2.24, 2.45) is 7.05 Å². The molecule has 3 aromatic rings. The molecule has 1 aromatic carbocycles. The minimum atomic E-state index is -2.16. The highest BCUT2D eigenvalue weighted by Gasteiger charge is 2.41. The number of aryl methyl sites for hydroxylation is 3. The lowest BCUT2D eigenvalue weighted by Gasteiger charge is -2.24. The SMILES string of the molecule is [2H]C([2H])([2H])c1cccc(-c2c(C)ccc3c2C(C)(C)c2nc(C)ccc2-3)[n+]1C. The number of fused-ring (bicyclic) bond motifs is 3. The van der Waals surface area contributed by atoms with Crippen LogP contribution in [-0.4, -0.2) is 4.98 Å². The van der Waals surface area contributed by atoms with Gasteiger partial charge in [-0.15, -0.1) is 0 Å². The maximum atomic E-state index is 7.89. The van der Waals surface area contributed by atoms with Crippen molar-refractivity contribution in [1.82, 2.24) is 4.98 Å². The van der Waals surface area contributed by atoms with E-state index in [1.54, 1.807) is 6.07 Å². The van der Waals surface area contributed by atoms with Gasteiger partial charge in [0.05, 0.1) is 11.3 Å². The molecule has 25 heavy (non-hydrogen) atoms. The summed E-state index contributed by atoms with van der Waals surface area (Å²) in [6, 6.07) is 14.0. The van der Waals surface area contributed by atoms with Gasteiger partial charge in [-0.05, 0) is 42.7 Å². The van der Waals surface area contributed by atoms with Crippen LogP contribution < -0.4 is 4.57 Å². The maximum Gasteiger partial charge on any atom is 0.213 e. The summed E-state index contributed by atoms with van der Waals surface area (Å²) >= 11 is 0. The first-order valence-corrected chi connectivity index (χ1v) is 8.66. The Morgan fingerprint density at radius 3 is 2.52 bits per heavy atom. The molecule has 0 radical (unpaired) electrons. The van der Waals surface area contributed by atoms with Gasteiger partial charge in [-0.2, -0.15) is 4.57 Å². The summed E-state index contributed by atoms with van der Waals surface area (Å²) < 4.78 is 25.5. The van der Waals surface area contributed by atoms with Gasteiger partial charge in [0.1, 0.15) is 7.05 Å². The van der Waals surface area contributed by atoms with Gasteiger partial charge in [-0.1, -0.05) is 32.0 Å². The van der Waals surface area contributed by atoms with Crippen LogP contribution in [0.25, 0.3) is 22.4 Å². The molecule has 0 spiro atoms. The molecule has 0 N–H and O–H groups in total. The standard InChI is InChI=1S/C23H25N2/c1-14-10-12-17-18-13-11-15(2)24-22(18)23(4,5)21(17)20(14)19-9-7-8-16(3)25(19)6/h7-13H,1-6H3/q+1/i3D3. The van der Waals surface area contributed by atoms with Crippen LogP contribution in [0.3, 0.4) is 0 Å². The van der Waals surface area contributed by atoms with Gasteiger partial charge in [0.2, 0.25) is 5.69 Å². The first-order valence-electron chi connectivity index (χ1n) is 10.2. The summed E-state index contributed by atoms with van der Waals surface area (Å²) in [6.45, 7) is 6.37. The van der Waals surface area contributed by atoms with E-state index in [2.05, 4.69) is 45.0 Å². The van der Waals surface area contributed by atoms with Crippen molar-refractivity contribution in [3.05, 3.63) is 70.7 Å². The summed E-state index contributed by atoms with van der Waals surface area (Å²) in [4.78, 5) is 4.87. The van der Waals surface area contributed by atoms with Crippen molar-refractivity contribution in [2.75, 3.05) is 0 Å². The number of hydrogen-bond acceptors (Lipinski definition) is 1. The topological polar surface area (TPSA) is 16.8 Å². The summed E-state index contributed by atoms with van der Waals surface area (Å²) in [5.74, 6) is 0. The minimum absolute atomic E-state index is 0.263. The van der Waals surface area contributed by atoms with Crippen LogP contribution in [0, 0.1) is 20.7 Å². The van der Waals surface area contributed by atoms with Crippen LogP contribution in [0.2, 0.25) is 0 Å². The van der Waals surface area contributed by atoms with Crippen molar-refractivity contribution in [2.45, 2.75) is 40.0 Å². The summed E-state index contributed by atoms with van der Waals surface area (Å²) in [5.41, 5.74) is 8.90. The Kier molecular flexibility index (Phi) is 2.70. The van der Waals surface area contributed by atoms with Crippen LogP contribution in [-0.2, 0) is 12.5 Å². The van der Waals surface area contributed by atoms with E-state index in [9.17, 15) is 0 Å². The molecular weight excluding hydrogens is 304 g/mol. The normalized spacial score (nSPS) is 16.6. The Hall–Kier alpha value is -2.48. The third-order valence-corrected chi connectivity index (χ3v) is 5.44. The predicted molar refractivity (Wildman–Crippen MR) is 103 cm³/mol. The van der Waals surface area contributed by atoms with Crippen molar-refractivity contribution in [3.63, 3.8) is 0 Å². The first kappa shape index (κ1) is 12.8. The van der Waals surface area contributed by atoms with Gasteiger partial charge in [0.25, 0.3) is 0 Å². The van der Waals surface area contributed by atoms with Gasteiger partial charge < -0.3 is 0 Å². The van der Waals surface area contributed by atoms with Gasteiger partial charge in [0, 0.05) is 39.8 Å². The Morgan fingerprint density at radius 2 is 1.76 bits per heavy atom. The fourth-order valence-electron chi connectivity index (χ4n) is 4.11. The van der Waals surface area contributed by atoms with E-state index in [1.165, 1.54) is 16.7 Å². The second-order valence-corrected chi connectivity index (χ2v) is 7.51. The van der Waals surface area contributed by atoms with E-state index >= 15 is 0 Å². The zero-order chi connectivity index (χ0) is 20.4. The molecule has 4 rings (SSSR count). The van der Waals surface area contributed by atoms with Gasteiger partial charge >= 0.3 is 0 Å². The molecule has 0 fully saturated rings. The Balaban J connectivity index is 2.07. The smallest absolute Gasteiger partial charge is 0.213 e. The molecule has 0 amide bonds. The monoisotopic (exact) mass is 332 g/mol. The fourth-order valence-corrected chi connectivity index (χ4v) is 4.11. The highest BCUT2D eigenvalue weighted by Crippen LogP contribution is 2.51. The number of nitrogens with zero attached hydrogens (tertiary/aromatic N) is 2. The number of rotatable bonds is 1. The molecule has 0 bridgehead atoms. The van der Waals surface area contributed by atoms with Gasteiger partial charge in [-0.25, -0.2) is 0 Å². The second kappa shape index (κ2) is 5.26. The highest BCUT2D eigenvalue weighted by atomic mass is 14.9. The molecule has 2 heterocycles. The Morgan fingerprint density at radius 1 is 1.00 bits per heavy atom. The van der Waals surface area contributed by atoms with Crippen molar-refractivity contribution < 1.29 is 8.68 Å². The van der Waals surface area contributed by atoms with Crippen molar-refractivity contribution >= 4 is 0 Å². The average Bonchev–Trinajstić information content (AvgIpc) is 2.82. The number of hydrogen-bond donors (Lipinski definition) is 0. The molecule has 2 heteroatoms. The third-order valence-electron chi connectivity index (χ3n) is 5.44. The number of aromatic nitrogens is 2. The Bertz CT molecular complexity index is 1110. The van der Waals surface area contributed by atoms with E-state index in [4.69, 9.17) is 9.10 Å². The summed E-state index contributed by atoms with van der Waals surface area (Å²) in [6.07, 6.45) is 0. The Labute approximate surface area is 154 Å². The molecule has 0 aliphatic heterocycles. The van der Waals surface area contributed by atoms with E-state index < -0.39 is 6.85 Å². The zero-order valence-electron chi connectivity index (χ0n) is 18.4. The lowest BCUT2D eigenvalue weighted by Crippen LogP contribution is -2.35. The van der Waals surface area contributed by atoms with Crippen molar-refractivity contribution in [3.8, 4) is 22.4 Å². The number of benzene rings is 1. The van der Waals surface area contributed by atoms with Crippen molar-refractivity contribution in [1.29, 1.82) is 0 Å². The van der Waals surface area contributed by atoms with E-state index in [1.807, 2.05) is 30.7 Å². The maximum absolute atomic E-state index is 7.89. The molecule has 126 valence electrons. The highest BCUT2D eigenvalue weighted by molar-refractivity contribution is 5.87. The molecule has 0 unspecified atom stereocenters. The number of pyridine rings is 2. The molecule has 0 atom stereocenters. The van der Waals surface area contributed by atoms with Gasteiger partial charge in [0.15, 0.2) is 5.69 Å². The average molecular weight is 332 g/mol.